The number of carbonyl (C=O) groups excluding carboxylic acids is 1. The van der Waals surface area contributed by atoms with Gasteiger partial charge in [0.1, 0.15) is 5.41 Å². The Morgan fingerprint density at radius 3 is 2.36 bits per heavy atom. The normalized spacial score (nSPS) is 30.9. The van der Waals surface area contributed by atoms with Crippen molar-refractivity contribution in [2.75, 3.05) is 26.9 Å². The van der Waals surface area contributed by atoms with Gasteiger partial charge in [-0.15, -0.1) is 0 Å². The summed E-state index contributed by atoms with van der Waals surface area (Å²) in [5.74, 6) is -0.421. The highest BCUT2D eigenvalue weighted by atomic mass is 31.2. The van der Waals surface area contributed by atoms with Gasteiger partial charge in [-0.3, -0.25) is 23.7 Å². The van der Waals surface area contributed by atoms with Crippen LogP contribution < -0.4 is 5.32 Å². The van der Waals surface area contributed by atoms with E-state index in [4.69, 9.17) is 18.3 Å². The van der Waals surface area contributed by atoms with E-state index < -0.39 is 19.1 Å². The molecule has 0 spiro atoms. The second-order valence-corrected chi connectivity index (χ2v) is 6.63. The number of amides is 1. The molecule has 3 saturated heterocycles. The Balaban J connectivity index is 1.73. The molecule has 22 heavy (non-hydrogen) atoms. The van der Waals surface area contributed by atoms with E-state index in [9.17, 15) is 9.36 Å². The number of aliphatic imine (C=N–C) groups is 1. The van der Waals surface area contributed by atoms with E-state index in [-0.39, 0.29) is 25.8 Å². The van der Waals surface area contributed by atoms with Crippen molar-refractivity contribution < 1.29 is 27.7 Å². The van der Waals surface area contributed by atoms with Crippen molar-refractivity contribution in [1.82, 2.24) is 5.32 Å². The van der Waals surface area contributed by atoms with Crippen LogP contribution >= 0.6 is 7.82 Å². The Hall–Kier alpha value is -1.73. The maximum absolute atomic E-state index is 12.4. The molecule has 2 bridgehead atoms. The van der Waals surface area contributed by atoms with E-state index >= 15 is 0 Å². The summed E-state index contributed by atoms with van der Waals surface area (Å²) in [5, 5.41) is 2.57. The fourth-order valence-corrected chi connectivity index (χ4v) is 3.45. The maximum Gasteiger partial charge on any atom is 0.474 e. The Bertz CT molecular complexity index is 616. The fraction of sp³-hybridized carbons (Fsp3) is 0.385. The van der Waals surface area contributed by atoms with Crippen molar-refractivity contribution in [1.29, 1.82) is 0 Å². The molecule has 3 fully saturated rings. The second kappa shape index (κ2) is 5.81. The number of hydrogen-bond acceptors (Lipinski definition) is 7. The van der Waals surface area contributed by atoms with Crippen LogP contribution in [0.1, 0.15) is 0 Å². The number of phosphoric ester groups is 1. The van der Waals surface area contributed by atoms with Crippen molar-refractivity contribution in [3.05, 3.63) is 30.3 Å². The molecule has 1 aromatic carbocycles. The first-order chi connectivity index (χ1) is 10.6. The number of phosphoric acid groups is 1. The zero-order valence-corrected chi connectivity index (χ0v) is 12.7. The van der Waals surface area contributed by atoms with Crippen LogP contribution in [0.4, 0.5) is 5.69 Å². The zero-order valence-electron chi connectivity index (χ0n) is 11.9. The monoisotopic (exact) mass is 326 g/mol. The number of hydrogen-bond donors (Lipinski definition) is 1. The smallest absolute Gasteiger partial charge is 0.468 e. The summed E-state index contributed by atoms with van der Waals surface area (Å²) in [6, 6.07) is 9.10. The molecule has 8 nitrogen and oxygen atoms in total. The Morgan fingerprint density at radius 1 is 1.23 bits per heavy atom. The number of methoxy groups -OCH3 is 1. The number of fused-ring (bicyclic) bond motifs is 3. The molecular formula is C13H15N2O6P. The molecule has 4 rings (SSSR count). The SMILES string of the molecule is COC(=Nc1ccccc1)NC(=O)C12COP(=O)(OC1)OC2. The summed E-state index contributed by atoms with van der Waals surface area (Å²) in [6.07, 6.45) is 0. The van der Waals surface area contributed by atoms with Gasteiger partial charge in [-0.2, -0.15) is 4.99 Å². The van der Waals surface area contributed by atoms with Gasteiger partial charge in [-0.25, -0.2) is 4.57 Å². The first kappa shape index (κ1) is 15.2. The summed E-state index contributed by atoms with van der Waals surface area (Å²) < 4.78 is 31.7. The van der Waals surface area contributed by atoms with Gasteiger partial charge in [0.2, 0.25) is 5.91 Å². The Labute approximate surface area is 127 Å². The lowest BCUT2D eigenvalue weighted by molar-refractivity contribution is -0.151. The summed E-state index contributed by atoms with van der Waals surface area (Å²) in [7, 11) is -2.05. The molecule has 118 valence electrons. The molecule has 0 aromatic heterocycles. The summed E-state index contributed by atoms with van der Waals surface area (Å²) in [4.78, 5) is 16.6. The molecule has 9 heteroatoms. The van der Waals surface area contributed by atoms with E-state index in [0.29, 0.717) is 5.69 Å². The van der Waals surface area contributed by atoms with Gasteiger partial charge in [-0.1, -0.05) is 18.2 Å². The van der Waals surface area contributed by atoms with Crippen LogP contribution in [0.3, 0.4) is 0 Å². The number of amidine groups is 1. The highest BCUT2D eigenvalue weighted by Gasteiger charge is 2.55. The van der Waals surface area contributed by atoms with Gasteiger partial charge in [0.25, 0.3) is 6.02 Å². The zero-order chi connectivity index (χ0) is 15.6. The molecule has 1 aromatic rings. The van der Waals surface area contributed by atoms with Crippen molar-refractivity contribution >= 4 is 25.4 Å². The molecule has 0 radical (unpaired) electrons. The van der Waals surface area contributed by atoms with Crippen molar-refractivity contribution in [3.63, 3.8) is 0 Å². The molecule has 0 saturated carbocycles. The number of ether oxygens (including phenoxy) is 1. The lowest BCUT2D eigenvalue weighted by Crippen LogP contribution is -2.56. The van der Waals surface area contributed by atoms with Crippen LogP contribution in [0.5, 0.6) is 0 Å². The van der Waals surface area contributed by atoms with Crippen molar-refractivity contribution in [2.45, 2.75) is 0 Å². The third kappa shape index (κ3) is 2.91. The lowest BCUT2D eigenvalue weighted by Gasteiger charge is -2.42. The van der Waals surface area contributed by atoms with Gasteiger partial charge in [0, 0.05) is 0 Å². The molecule has 1 N–H and O–H groups in total. The maximum atomic E-state index is 12.4. The number of carbonyl (C=O) groups is 1. The van der Waals surface area contributed by atoms with Crippen LogP contribution in [0.2, 0.25) is 0 Å². The third-order valence-electron chi connectivity index (χ3n) is 3.38. The van der Waals surface area contributed by atoms with E-state index in [1.165, 1.54) is 7.11 Å². The third-order valence-corrected chi connectivity index (χ3v) is 4.72. The second-order valence-electron chi connectivity index (χ2n) is 4.96. The predicted molar refractivity (Wildman–Crippen MR) is 76.6 cm³/mol. The minimum absolute atomic E-state index is 0.0293. The fourth-order valence-electron chi connectivity index (χ4n) is 2.02. The minimum atomic E-state index is -3.45. The van der Waals surface area contributed by atoms with Crippen LogP contribution in [-0.4, -0.2) is 38.9 Å². The molecule has 0 aliphatic carbocycles. The van der Waals surface area contributed by atoms with Gasteiger partial charge in [-0.05, 0) is 12.1 Å². The van der Waals surface area contributed by atoms with Crippen LogP contribution in [0.15, 0.2) is 35.3 Å². The molecule has 3 aliphatic rings. The Kier molecular flexibility index (Phi) is 4.01. The van der Waals surface area contributed by atoms with Gasteiger partial charge in [0.15, 0.2) is 0 Å². The first-order valence-corrected chi connectivity index (χ1v) is 8.04. The molecule has 3 aliphatic heterocycles. The van der Waals surface area contributed by atoms with E-state index in [1.807, 2.05) is 18.2 Å². The standard InChI is InChI=1S/C13H15N2O6P/c1-18-12(14-10-5-3-2-4-6-10)15-11(16)13-7-19-22(17,20-8-13)21-9-13/h2-6H,7-9H2,1H3,(H,14,15,16). The Morgan fingerprint density at radius 2 is 1.82 bits per heavy atom. The average Bonchev–Trinajstić information content (AvgIpc) is 2.56. The molecule has 1 amide bonds. The van der Waals surface area contributed by atoms with E-state index in [1.54, 1.807) is 12.1 Å². The number of nitrogens with one attached hydrogen (secondary N) is 1. The summed E-state index contributed by atoms with van der Waals surface area (Å²) in [5.41, 5.74) is -0.417. The first-order valence-electron chi connectivity index (χ1n) is 6.58. The number of benzene rings is 1. The van der Waals surface area contributed by atoms with Gasteiger partial charge in [0.05, 0.1) is 32.6 Å². The predicted octanol–water partition coefficient (Wildman–Crippen LogP) is 1.61. The van der Waals surface area contributed by atoms with Crippen LogP contribution in [-0.2, 0) is 27.7 Å². The largest absolute Gasteiger partial charge is 0.474 e. The van der Waals surface area contributed by atoms with Gasteiger partial charge >= 0.3 is 7.82 Å². The lowest BCUT2D eigenvalue weighted by atomic mass is 9.90. The van der Waals surface area contributed by atoms with Crippen LogP contribution in [0.25, 0.3) is 0 Å². The molecule has 0 atom stereocenters. The minimum Gasteiger partial charge on any atom is -0.468 e. The summed E-state index contributed by atoms with van der Waals surface area (Å²) in [6.45, 7) is -0.0880. The number of rotatable bonds is 2. The van der Waals surface area contributed by atoms with Crippen LogP contribution in [0, 0.1) is 5.41 Å². The van der Waals surface area contributed by atoms with Crippen molar-refractivity contribution in [3.8, 4) is 0 Å². The quantitative estimate of drug-likeness (QED) is 0.504. The molecule has 0 unspecified atom stereocenters. The van der Waals surface area contributed by atoms with Gasteiger partial charge < -0.3 is 4.74 Å². The topological polar surface area (TPSA) is 95.5 Å². The number of nitrogens with zero attached hydrogens (tertiary/aromatic N) is 1. The van der Waals surface area contributed by atoms with Crippen molar-refractivity contribution in [2.24, 2.45) is 10.4 Å². The molecular weight excluding hydrogens is 311 g/mol. The summed E-state index contributed by atoms with van der Waals surface area (Å²) >= 11 is 0. The average molecular weight is 326 g/mol. The number of para-hydroxylation sites is 1. The molecule has 3 heterocycles. The highest BCUT2D eigenvalue weighted by Crippen LogP contribution is 2.59. The van der Waals surface area contributed by atoms with E-state index in [0.717, 1.165) is 0 Å². The van der Waals surface area contributed by atoms with E-state index in [2.05, 4.69) is 10.3 Å². The highest BCUT2D eigenvalue weighted by molar-refractivity contribution is 7.48.